The zero-order valence-corrected chi connectivity index (χ0v) is 19.1. The number of halogens is 1. The maximum atomic E-state index is 13.5. The summed E-state index contributed by atoms with van der Waals surface area (Å²) in [5.74, 6) is 1.92. The normalized spacial score (nSPS) is 16.5. The van der Waals surface area contributed by atoms with E-state index in [0.717, 1.165) is 51.8 Å². The Hall–Kier alpha value is -3.33. The van der Waals surface area contributed by atoms with E-state index >= 15 is 0 Å². The highest BCUT2D eigenvalue weighted by Crippen LogP contribution is 2.40. The Balaban J connectivity index is 1.36. The number of nitrogens with zero attached hydrogens (tertiary/aromatic N) is 6. The average molecular weight is 463 g/mol. The molecular formula is C24H23FN6OS. The van der Waals surface area contributed by atoms with Crippen molar-refractivity contribution in [3.63, 3.8) is 0 Å². The van der Waals surface area contributed by atoms with Gasteiger partial charge in [0.2, 0.25) is 0 Å². The topological polar surface area (TPSA) is 67.2 Å². The molecule has 0 spiro atoms. The lowest BCUT2D eigenvalue weighted by atomic mass is 10.2. The molecule has 9 heteroatoms. The number of anilines is 1. The first-order valence-corrected chi connectivity index (χ1v) is 12.1. The van der Waals surface area contributed by atoms with E-state index in [1.165, 1.54) is 23.5 Å². The quantitative estimate of drug-likeness (QED) is 0.456. The lowest BCUT2D eigenvalue weighted by molar-refractivity contribution is 0.0751. The highest BCUT2D eigenvalue weighted by atomic mass is 32.1. The summed E-state index contributed by atoms with van der Waals surface area (Å²) in [7, 11) is 0. The monoisotopic (exact) mass is 462 g/mol. The van der Waals surface area contributed by atoms with Crippen molar-refractivity contribution in [2.45, 2.75) is 25.7 Å². The molecule has 4 heterocycles. The van der Waals surface area contributed by atoms with Crippen LogP contribution in [0.25, 0.3) is 16.7 Å². The smallest absolute Gasteiger partial charge is 0.264 e. The molecule has 0 unspecified atom stereocenters. The van der Waals surface area contributed by atoms with E-state index in [-0.39, 0.29) is 11.7 Å². The first kappa shape index (κ1) is 20.3. The molecule has 1 amide bonds. The van der Waals surface area contributed by atoms with Crippen LogP contribution in [0.1, 0.15) is 39.9 Å². The third-order valence-electron chi connectivity index (χ3n) is 6.31. The molecule has 3 aromatic heterocycles. The summed E-state index contributed by atoms with van der Waals surface area (Å²) in [5, 5.41) is 7.60. The number of aryl methyl sites for hydroxylation is 1. The minimum absolute atomic E-state index is 0.0939. The summed E-state index contributed by atoms with van der Waals surface area (Å²) in [6.45, 7) is 4.66. The van der Waals surface area contributed by atoms with Gasteiger partial charge in [0.05, 0.1) is 21.6 Å². The molecule has 33 heavy (non-hydrogen) atoms. The molecule has 168 valence electrons. The maximum absolute atomic E-state index is 13.5. The van der Waals surface area contributed by atoms with Crippen LogP contribution in [0, 0.1) is 12.7 Å². The SMILES string of the molecule is Cc1nn(-c2ccc(F)cc2)c2nc(C3CC3)nc(N3CCN(C(=O)c4cccs4)CC3)c12. The van der Waals surface area contributed by atoms with E-state index in [4.69, 9.17) is 15.1 Å². The van der Waals surface area contributed by atoms with E-state index < -0.39 is 0 Å². The van der Waals surface area contributed by atoms with Crippen molar-refractivity contribution in [1.82, 2.24) is 24.6 Å². The number of carbonyl (C=O) groups is 1. The van der Waals surface area contributed by atoms with E-state index in [2.05, 4.69) is 4.90 Å². The number of aromatic nitrogens is 4. The number of fused-ring (bicyclic) bond motifs is 1. The standard InChI is InChI=1S/C24H23FN6OS/c1-15-20-22(29-10-12-30(13-11-29)24(32)19-3-2-14-33-19)26-21(16-4-5-16)27-23(20)31(28-15)18-8-6-17(25)7-9-18/h2-3,6-9,14,16H,4-5,10-13H2,1H3. The number of amides is 1. The van der Waals surface area contributed by atoms with Crippen molar-refractivity contribution < 1.29 is 9.18 Å². The summed E-state index contributed by atoms with van der Waals surface area (Å²) in [6, 6.07) is 10.1. The molecule has 0 N–H and O–H groups in total. The van der Waals surface area contributed by atoms with Crippen LogP contribution < -0.4 is 4.90 Å². The van der Waals surface area contributed by atoms with Gasteiger partial charge in [0.1, 0.15) is 17.5 Å². The summed E-state index contributed by atoms with van der Waals surface area (Å²) in [6.07, 6.45) is 2.19. The van der Waals surface area contributed by atoms with Crippen LogP contribution in [-0.4, -0.2) is 56.7 Å². The van der Waals surface area contributed by atoms with E-state index in [1.54, 1.807) is 16.8 Å². The molecular weight excluding hydrogens is 439 g/mol. The van der Waals surface area contributed by atoms with Gasteiger partial charge in [0.25, 0.3) is 5.91 Å². The molecule has 1 aliphatic carbocycles. The molecule has 0 atom stereocenters. The zero-order chi connectivity index (χ0) is 22.5. The number of piperazine rings is 1. The Bertz CT molecular complexity index is 1320. The molecule has 1 aliphatic heterocycles. The van der Waals surface area contributed by atoms with Gasteiger partial charge in [0.15, 0.2) is 5.65 Å². The largest absolute Gasteiger partial charge is 0.352 e. The van der Waals surface area contributed by atoms with Crippen LogP contribution in [0.15, 0.2) is 41.8 Å². The number of carbonyl (C=O) groups excluding carboxylic acids is 1. The molecule has 2 fully saturated rings. The van der Waals surface area contributed by atoms with Crippen LogP contribution in [-0.2, 0) is 0 Å². The molecule has 6 rings (SSSR count). The second kappa shape index (κ2) is 7.91. The van der Waals surface area contributed by atoms with Crippen molar-refractivity contribution in [3.8, 4) is 5.69 Å². The van der Waals surface area contributed by atoms with E-state index in [0.29, 0.717) is 32.1 Å². The lowest BCUT2D eigenvalue weighted by Gasteiger charge is -2.35. The summed E-state index contributed by atoms with van der Waals surface area (Å²) in [5.41, 5.74) is 2.36. The van der Waals surface area contributed by atoms with Crippen LogP contribution in [0.2, 0.25) is 0 Å². The fourth-order valence-electron chi connectivity index (χ4n) is 4.37. The number of hydrogen-bond donors (Lipinski definition) is 0. The molecule has 2 aliphatic rings. The second-order valence-corrected chi connectivity index (χ2v) is 9.56. The summed E-state index contributed by atoms with van der Waals surface area (Å²) in [4.78, 5) is 27.6. The number of hydrogen-bond acceptors (Lipinski definition) is 6. The van der Waals surface area contributed by atoms with Gasteiger partial charge in [-0.05, 0) is 55.5 Å². The molecule has 7 nitrogen and oxygen atoms in total. The van der Waals surface area contributed by atoms with Crippen molar-refractivity contribution >= 4 is 34.1 Å². The highest BCUT2D eigenvalue weighted by Gasteiger charge is 2.31. The zero-order valence-electron chi connectivity index (χ0n) is 18.2. The molecule has 4 aromatic rings. The van der Waals surface area contributed by atoms with E-state index in [9.17, 15) is 9.18 Å². The Morgan fingerprint density at radius 2 is 1.82 bits per heavy atom. The first-order valence-electron chi connectivity index (χ1n) is 11.2. The van der Waals surface area contributed by atoms with Gasteiger partial charge in [-0.15, -0.1) is 11.3 Å². The Kier molecular flexibility index (Phi) is 4.86. The fraction of sp³-hybridized carbons (Fsp3) is 0.333. The van der Waals surface area contributed by atoms with Crippen molar-refractivity contribution in [2.75, 3.05) is 31.1 Å². The second-order valence-electron chi connectivity index (χ2n) is 8.61. The van der Waals surface area contributed by atoms with Gasteiger partial charge in [-0.25, -0.2) is 19.0 Å². The third kappa shape index (κ3) is 3.66. The Labute approximate surface area is 194 Å². The Morgan fingerprint density at radius 3 is 2.48 bits per heavy atom. The van der Waals surface area contributed by atoms with Gasteiger partial charge >= 0.3 is 0 Å². The van der Waals surface area contributed by atoms with Gasteiger partial charge in [-0.3, -0.25) is 4.79 Å². The number of rotatable bonds is 4. The lowest BCUT2D eigenvalue weighted by Crippen LogP contribution is -2.49. The molecule has 1 saturated carbocycles. The molecule has 1 saturated heterocycles. The predicted molar refractivity (Wildman–Crippen MR) is 126 cm³/mol. The average Bonchev–Trinajstić information content (AvgIpc) is 3.44. The van der Waals surface area contributed by atoms with Crippen molar-refractivity contribution in [2.24, 2.45) is 0 Å². The van der Waals surface area contributed by atoms with Gasteiger partial charge < -0.3 is 9.80 Å². The highest BCUT2D eigenvalue weighted by molar-refractivity contribution is 7.12. The van der Waals surface area contributed by atoms with Crippen LogP contribution in [0.4, 0.5) is 10.2 Å². The fourth-order valence-corrected chi connectivity index (χ4v) is 5.06. The van der Waals surface area contributed by atoms with Crippen LogP contribution in [0.3, 0.4) is 0 Å². The Morgan fingerprint density at radius 1 is 1.06 bits per heavy atom. The molecule has 0 bridgehead atoms. The number of benzene rings is 1. The molecule has 1 aromatic carbocycles. The van der Waals surface area contributed by atoms with Gasteiger partial charge in [0, 0.05) is 32.1 Å². The predicted octanol–water partition coefficient (Wildman–Crippen LogP) is 4.16. The minimum atomic E-state index is -0.282. The summed E-state index contributed by atoms with van der Waals surface area (Å²) < 4.78 is 15.3. The molecule has 0 radical (unpaired) electrons. The van der Waals surface area contributed by atoms with Crippen LogP contribution >= 0.6 is 11.3 Å². The first-order chi connectivity index (χ1) is 16.1. The maximum Gasteiger partial charge on any atom is 0.264 e. The van der Waals surface area contributed by atoms with Crippen molar-refractivity contribution in [3.05, 3.63) is 64.0 Å². The van der Waals surface area contributed by atoms with Gasteiger partial charge in [-0.2, -0.15) is 5.10 Å². The van der Waals surface area contributed by atoms with E-state index in [1.807, 2.05) is 29.3 Å². The number of thiophene rings is 1. The van der Waals surface area contributed by atoms with Crippen LogP contribution in [0.5, 0.6) is 0 Å². The minimum Gasteiger partial charge on any atom is -0.352 e. The summed E-state index contributed by atoms with van der Waals surface area (Å²) >= 11 is 1.48. The van der Waals surface area contributed by atoms with Crippen molar-refractivity contribution in [1.29, 1.82) is 0 Å². The van der Waals surface area contributed by atoms with Gasteiger partial charge in [-0.1, -0.05) is 6.07 Å². The third-order valence-corrected chi connectivity index (χ3v) is 7.17.